The molecule has 0 radical (unpaired) electrons. The van der Waals surface area contributed by atoms with Crippen molar-refractivity contribution in [1.29, 1.82) is 0 Å². The second-order valence-electron chi connectivity index (χ2n) is 4.90. The molecule has 0 aliphatic rings. The molecule has 0 saturated heterocycles. The van der Waals surface area contributed by atoms with Crippen LogP contribution < -0.4 is 19.8 Å². The fraction of sp³-hybridized carbons (Fsp3) is 0.333. The van der Waals surface area contributed by atoms with E-state index in [0.29, 0.717) is 42.6 Å². The van der Waals surface area contributed by atoms with E-state index in [1.165, 1.54) is 6.07 Å². The van der Waals surface area contributed by atoms with E-state index >= 15 is 0 Å². The van der Waals surface area contributed by atoms with Gasteiger partial charge < -0.3 is 23.7 Å². The number of carbonyl (C=O) groups is 1. The zero-order chi connectivity index (χ0) is 18.4. The molecule has 0 fully saturated rings. The van der Waals surface area contributed by atoms with Crippen LogP contribution in [-0.2, 0) is 0 Å². The molecule has 1 N–H and O–H groups in total. The number of hydrogen-bond donors (Lipinski definition) is 1. The summed E-state index contributed by atoms with van der Waals surface area (Å²) in [5, 5.41) is 9.39. The highest BCUT2D eigenvalue weighted by Crippen LogP contribution is 2.43. The van der Waals surface area contributed by atoms with Gasteiger partial charge in [0.1, 0.15) is 17.2 Å². The normalized spacial score (nSPS) is 10.4. The highest BCUT2D eigenvalue weighted by atomic mass is 16.5. The fourth-order valence-electron chi connectivity index (χ4n) is 2.39. The van der Waals surface area contributed by atoms with Gasteiger partial charge >= 0.3 is 11.6 Å². The lowest BCUT2D eigenvalue weighted by atomic mass is 10.0. The molecule has 7 heteroatoms. The lowest BCUT2D eigenvalue weighted by molar-refractivity contribution is 0.0658. The standard InChI is InChI=1S/C18H20O7/c1-4-22-11-9-13(23-5-2)16(14(10-11)24-6-3)12-7-8-15(19)25-17(12)18(20)21/h7-10H,4-6H2,1-3H3,(H,20,21). The van der Waals surface area contributed by atoms with E-state index in [0.717, 1.165) is 6.07 Å². The summed E-state index contributed by atoms with van der Waals surface area (Å²) in [5.41, 5.74) is -0.154. The Labute approximate surface area is 144 Å². The van der Waals surface area contributed by atoms with Crippen molar-refractivity contribution < 1.29 is 28.5 Å². The third-order valence-electron chi connectivity index (χ3n) is 3.25. The molecule has 2 aromatic rings. The van der Waals surface area contributed by atoms with Crippen LogP contribution in [0.5, 0.6) is 17.2 Å². The molecule has 0 unspecified atom stereocenters. The Bertz CT molecular complexity index is 780. The largest absolute Gasteiger partial charge is 0.494 e. The van der Waals surface area contributed by atoms with Crippen molar-refractivity contribution in [3.63, 3.8) is 0 Å². The summed E-state index contributed by atoms with van der Waals surface area (Å²) in [6, 6.07) is 5.85. The Morgan fingerprint density at radius 2 is 1.56 bits per heavy atom. The summed E-state index contributed by atoms with van der Waals surface area (Å²) in [4.78, 5) is 22.9. The maximum Gasteiger partial charge on any atom is 0.372 e. The Hall–Kier alpha value is -2.96. The Balaban J connectivity index is 2.78. The number of benzene rings is 1. The van der Waals surface area contributed by atoms with Gasteiger partial charge in [0.15, 0.2) is 0 Å². The second-order valence-corrected chi connectivity index (χ2v) is 4.90. The van der Waals surface area contributed by atoms with E-state index < -0.39 is 17.4 Å². The Morgan fingerprint density at radius 1 is 1.00 bits per heavy atom. The lowest BCUT2D eigenvalue weighted by Gasteiger charge is -2.18. The predicted octanol–water partition coefficient (Wildman–Crippen LogP) is 3.20. The van der Waals surface area contributed by atoms with E-state index in [2.05, 4.69) is 0 Å². The minimum atomic E-state index is -1.36. The van der Waals surface area contributed by atoms with Crippen LogP contribution >= 0.6 is 0 Å². The van der Waals surface area contributed by atoms with Gasteiger partial charge in [-0.25, -0.2) is 9.59 Å². The lowest BCUT2D eigenvalue weighted by Crippen LogP contribution is -2.09. The van der Waals surface area contributed by atoms with Gasteiger partial charge in [-0.3, -0.25) is 0 Å². The number of ether oxygens (including phenoxy) is 3. The van der Waals surface area contributed by atoms with Gasteiger partial charge in [-0.15, -0.1) is 0 Å². The van der Waals surface area contributed by atoms with Crippen molar-refractivity contribution in [2.75, 3.05) is 19.8 Å². The molecule has 25 heavy (non-hydrogen) atoms. The molecule has 0 bridgehead atoms. The van der Waals surface area contributed by atoms with E-state index in [1.54, 1.807) is 26.0 Å². The SMILES string of the molecule is CCOc1cc(OCC)c(-c2ccc(=O)oc2C(=O)O)c(OCC)c1. The smallest absolute Gasteiger partial charge is 0.372 e. The fourth-order valence-corrected chi connectivity index (χ4v) is 2.39. The number of aromatic carboxylic acids is 1. The summed E-state index contributed by atoms with van der Waals surface area (Å²) in [7, 11) is 0. The average molecular weight is 348 g/mol. The molecule has 7 nitrogen and oxygen atoms in total. The maximum atomic E-state index is 11.5. The molecule has 134 valence electrons. The highest BCUT2D eigenvalue weighted by Gasteiger charge is 2.23. The van der Waals surface area contributed by atoms with Crippen molar-refractivity contribution in [2.45, 2.75) is 20.8 Å². The van der Waals surface area contributed by atoms with Crippen LogP contribution in [-0.4, -0.2) is 30.9 Å². The first-order valence-electron chi connectivity index (χ1n) is 7.96. The molecule has 0 aliphatic heterocycles. The van der Waals surface area contributed by atoms with Crippen LogP contribution in [0.4, 0.5) is 0 Å². The quantitative estimate of drug-likeness (QED) is 0.782. The van der Waals surface area contributed by atoms with Crippen molar-refractivity contribution in [2.24, 2.45) is 0 Å². The molecule has 0 aliphatic carbocycles. The topological polar surface area (TPSA) is 95.2 Å². The van der Waals surface area contributed by atoms with Gasteiger partial charge in [-0.1, -0.05) is 0 Å². The minimum absolute atomic E-state index is 0.196. The number of carboxylic acid groups (broad SMARTS) is 1. The van der Waals surface area contributed by atoms with Crippen molar-refractivity contribution >= 4 is 5.97 Å². The first kappa shape index (κ1) is 18.4. The summed E-state index contributed by atoms with van der Waals surface area (Å²) in [6.45, 7) is 6.63. The van der Waals surface area contributed by atoms with Crippen LogP contribution in [0.2, 0.25) is 0 Å². The molecular weight excluding hydrogens is 328 g/mol. The second kappa shape index (κ2) is 8.23. The van der Waals surface area contributed by atoms with Gasteiger partial charge in [0, 0.05) is 23.8 Å². The zero-order valence-electron chi connectivity index (χ0n) is 14.3. The number of rotatable bonds is 8. The number of carboxylic acids is 1. The van der Waals surface area contributed by atoms with Crippen LogP contribution in [0, 0.1) is 0 Å². The van der Waals surface area contributed by atoms with Crippen LogP contribution in [0.3, 0.4) is 0 Å². The summed E-state index contributed by atoms with van der Waals surface area (Å²) >= 11 is 0. The first-order chi connectivity index (χ1) is 12.0. The van der Waals surface area contributed by atoms with Crippen LogP contribution in [0.1, 0.15) is 31.3 Å². The molecule has 1 aromatic carbocycles. The molecule has 0 spiro atoms. The average Bonchev–Trinajstić information content (AvgIpc) is 2.56. The monoisotopic (exact) mass is 348 g/mol. The van der Waals surface area contributed by atoms with Gasteiger partial charge in [0.05, 0.1) is 25.4 Å². The molecule has 2 rings (SSSR count). The third kappa shape index (κ3) is 4.12. The third-order valence-corrected chi connectivity index (χ3v) is 3.25. The summed E-state index contributed by atoms with van der Waals surface area (Å²) < 4.78 is 21.7. The van der Waals surface area contributed by atoms with E-state index in [9.17, 15) is 14.7 Å². The maximum absolute atomic E-state index is 11.5. The molecule has 0 saturated carbocycles. The molecule has 0 atom stereocenters. The predicted molar refractivity (Wildman–Crippen MR) is 90.9 cm³/mol. The van der Waals surface area contributed by atoms with Crippen LogP contribution in [0.25, 0.3) is 11.1 Å². The zero-order valence-corrected chi connectivity index (χ0v) is 14.3. The van der Waals surface area contributed by atoms with Gasteiger partial charge in [-0.2, -0.15) is 0 Å². The first-order valence-corrected chi connectivity index (χ1v) is 7.96. The van der Waals surface area contributed by atoms with E-state index in [1.807, 2.05) is 6.92 Å². The van der Waals surface area contributed by atoms with Crippen molar-refractivity contribution in [3.05, 3.63) is 40.4 Å². The van der Waals surface area contributed by atoms with Gasteiger partial charge in [-0.05, 0) is 26.8 Å². The molecular formula is C18H20O7. The van der Waals surface area contributed by atoms with E-state index in [-0.39, 0.29) is 5.56 Å². The molecule has 1 aromatic heterocycles. The Morgan fingerprint density at radius 3 is 2.04 bits per heavy atom. The summed E-state index contributed by atoms with van der Waals surface area (Å²) in [6.07, 6.45) is 0. The molecule has 0 amide bonds. The Kier molecular flexibility index (Phi) is 6.05. The minimum Gasteiger partial charge on any atom is -0.494 e. The van der Waals surface area contributed by atoms with Crippen molar-refractivity contribution in [1.82, 2.24) is 0 Å². The molecule has 1 heterocycles. The van der Waals surface area contributed by atoms with Crippen molar-refractivity contribution in [3.8, 4) is 28.4 Å². The summed E-state index contributed by atoms with van der Waals surface area (Å²) in [5.74, 6) is -0.529. The van der Waals surface area contributed by atoms with Crippen LogP contribution in [0.15, 0.2) is 33.5 Å². The number of hydrogen-bond acceptors (Lipinski definition) is 6. The van der Waals surface area contributed by atoms with Gasteiger partial charge in [0.25, 0.3) is 0 Å². The van der Waals surface area contributed by atoms with E-state index in [4.69, 9.17) is 18.6 Å². The highest BCUT2D eigenvalue weighted by molar-refractivity contribution is 5.95. The van der Waals surface area contributed by atoms with Gasteiger partial charge in [0.2, 0.25) is 5.76 Å².